The summed E-state index contributed by atoms with van der Waals surface area (Å²) in [7, 11) is 0. The van der Waals surface area contributed by atoms with Crippen molar-refractivity contribution in [1.82, 2.24) is 0 Å². The van der Waals surface area contributed by atoms with Gasteiger partial charge in [0.05, 0.1) is 6.61 Å². The van der Waals surface area contributed by atoms with Gasteiger partial charge in [-0.25, -0.2) is 0 Å². The monoisotopic (exact) mass is 160 g/mol. The summed E-state index contributed by atoms with van der Waals surface area (Å²) in [6.07, 6.45) is 3.30. The number of thiocarbonyl (C=S) groups is 1. The fourth-order valence-corrected chi connectivity index (χ4v) is 0.648. The Bertz CT molecular complexity index is 91.3. The molecule has 0 aliphatic carbocycles. The van der Waals surface area contributed by atoms with Crippen LogP contribution in [0.15, 0.2) is 0 Å². The molecule has 0 spiro atoms. The Morgan fingerprint density at radius 1 is 1.40 bits per heavy atom. The van der Waals surface area contributed by atoms with E-state index in [-0.39, 0.29) is 0 Å². The molecule has 0 bridgehead atoms. The topological polar surface area (TPSA) is 9.23 Å². The molecule has 0 aromatic carbocycles. The molecule has 2 heteroatoms. The molecule has 60 valence electrons. The van der Waals surface area contributed by atoms with E-state index in [0.717, 1.165) is 30.9 Å². The predicted octanol–water partition coefficient (Wildman–Crippen LogP) is 2.58. The van der Waals surface area contributed by atoms with Crippen molar-refractivity contribution >= 4 is 17.1 Å². The van der Waals surface area contributed by atoms with Crippen molar-refractivity contribution in [3.05, 3.63) is 0 Å². The summed E-state index contributed by atoms with van der Waals surface area (Å²) in [5.41, 5.74) is 0. The highest BCUT2D eigenvalue weighted by molar-refractivity contribution is 7.80. The van der Waals surface area contributed by atoms with Crippen LogP contribution in [0, 0.1) is 0 Å². The van der Waals surface area contributed by atoms with E-state index in [0.29, 0.717) is 0 Å². The fraction of sp³-hybridized carbons (Fsp3) is 0.875. The lowest BCUT2D eigenvalue weighted by Crippen LogP contribution is -1.99. The number of rotatable bonds is 6. The van der Waals surface area contributed by atoms with Gasteiger partial charge in [-0.2, -0.15) is 0 Å². The van der Waals surface area contributed by atoms with Gasteiger partial charge in [-0.15, -0.1) is 0 Å². The maximum atomic E-state index is 5.30. The van der Waals surface area contributed by atoms with Gasteiger partial charge in [-0.05, 0) is 18.2 Å². The Morgan fingerprint density at radius 2 is 2.10 bits per heavy atom. The average molecular weight is 160 g/mol. The lowest BCUT2D eigenvalue weighted by molar-refractivity contribution is 0.138. The Balaban J connectivity index is 2.84. The SMILES string of the molecule is CCCCOCCC(C)=S. The zero-order valence-corrected chi connectivity index (χ0v) is 7.67. The highest BCUT2D eigenvalue weighted by Crippen LogP contribution is 1.91. The minimum atomic E-state index is 0.801. The summed E-state index contributed by atoms with van der Waals surface area (Å²) in [6.45, 7) is 5.81. The van der Waals surface area contributed by atoms with Crippen molar-refractivity contribution in [3.8, 4) is 0 Å². The van der Waals surface area contributed by atoms with E-state index >= 15 is 0 Å². The van der Waals surface area contributed by atoms with Gasteiger partial charge in [0.15, 0.2) is 0 Å². The Labute approximate surface area is 68.8 Å². The third-order valence-corrected chi connectivity index (χ3v) is 1.44. The van der Waals surface area contributed by atoms with Crippen molar-refractivity contribution in [1.29, 1.82) is 0 Å². The summed E-state index contributed by atoms with van der Waals surface area (Å²) in [5.74, 6) is 0. The smallest absolute Gasteiger partial charge is 0.0511 e. The van der Waals surface area contributed by atoms with Gasteiger partial charge in [-0.1, -0.05) is 25.6 Å². The van der Waals surface area contributed by atoms with Gasteiger partial charge in [0.1, 0.15) is 0 Å². The molecule has 0 aliphatic rings. The third kappa shape index (κ3) is 8.05. The third-order valence-electron chi connectivity index (χ3n) is 1.24. The van der Waals surface area contributed by atoms with Crippen LogP contribution in [0.2, 0.25) is 0 Å². The number of ether oxygens (including phenoxy) is 1. The lowest BCUT2D eigenvalue weighted by atomic mass is 10.3. The van der Waals surface area contributed by atoms with Crippen LogP contribution < -0.4 is 0 Å². The molecule has 1 nitrogen and oxygen atoms in total. The molecule has 0 saturated heterocycles. The summed E-state index contributed by atoms with van der Waals surface area (Å²) in [5, 5.41) is 0. The van der Waals surface area contributed by atoms with Crippen molar-refractivity contribution in [2.24, 2.45) is 0 Å². The molecule has 0 heterocycles. The molecule has 0 unspecified atom stereocenters. The zero-order valence-electron chi connectivity index (χ0n) is 6.85. The van der Waals surface area contributed by atoms with Crippen molar-refractivity contribution in [2.75, 3.05) is 13.2 Å². The first-order valence-electron chi connectivity index (χ1n) is 3.84. The van der Waals surface area contributed by atoms with Gasteiger partial charge >= 0.3 is 0 Å². The maximum absolute atomic E-state index is 5.30. The summed E-state index contributed by atoms with van der Waals surface area (Å²) in [4.78, 5) is 1.04. The molecule has 0 radical (unpaired) electrons. The van der Waals surface area contributed by atoms with E-state index in [4.69, 9.17) is 17.0 Å². The minimum absolute atomic E-state index is 0.801. The first-order valence-corrected chi connectivity index (χ1v) is 4.25. The number of hydrogen-bond donors (Lipinski definition) is 0. The van der Waals surface area contributed by atoms with Crippen molar-refractivity contribution in [3.63, 3.8) is 0 Å². The van der Waals surface area contributed by atoms with E-state index in [9.17, 15) is 0 Å². The Morgan fingerprint density at radius 3 is 2.60 bits per heavy atom. The lowest BCUT2D eigenvalue weighted by Gasteiger charge is -2.00. The second-order valence-electron chi connectivity index (χ2n) is 2.42. The molecular formula is C8H16OS. The van der Waals surface area contributed by atoms with Crippen LogP contribution in [-0.2, 0) is 4.74 Å². The van der Waals surface area contributed by atoms with Gasteiger partial charge in [-0.3, -0.25) is 0 Å². The highest BCUT2D eigenvalue weighted by atomic mass is 32.1. The van der Waals surface area contributed by atoms with E-state index < -0.39 is 0 Å². The summed E-state index contributed by atoms with van der Waals surface area (Å²) >= 11 is 4.89. The van der Waals surface area contributed by atoms with Crippen molar-refractivity contribution < 1.29 is 4.74 Å². The minimum Gasteiger partial charge on any atom is -0.381 e. The first kappa shape index (κ1) is 10.0. The quantitative estimate of drug-likeness (QED) is 0.436. The molecule has 0 aromatic rings. The van der Waals surface area contributed by atoms with Gasteiger partial charge < -0.3 is 4.74 Å². The van der Waals surface area contributed by atoms with Gasteiger partial charge in [0.2, 0.25) is 0 Å². The van der Waals surface area contributed by atoms with E-state index in [1.54, 1.807) is 0 Å². The van der Waals surface area contributed by atoms with E-state index in [1.165, 1.54) is 6.42 Å². The van der Waals surface area contributed by atoms with Crippen LogP contribution in [0.4, 0.5) is 0 Å². The Hall–Kier alpha value is 0.0500. The van der Waals surface area contributed by atoms with Crippen LogP contribution in [0.25, 0.3) is 0 Å². The molecule has 0 atom stereocenters. The predicted molar refractivity (Wildman–Crippen MR) is 48.6 cm³/mol. The van der Waals surface area contributed by atoms with Crippen LogP contribution >= 0.6 is 12.2 Å². The number of hydrogen-bond acceptors (Lipinski definition) is 2. The normalized spacial score (nSPS) is 9.80. The molecule has 0 rings (SSSR count). The molecule has 10 heavy (non-hydrogen) atoms. The largest absolute Gasteiger partial charge is 0.381 e. The number of unbranched alkanes of at least 4 members (excludes halogenated alkanes) is 1. The van der Waals surface area contributed by atoms with Crippen molar-refractivity contribution in [2.45, 2.75) is 33.1 Å². The van der Waals surface area contributed by atoms with Gasteiger partial charge in [0.25, 0.3) is 0 Å². The molecular weight excluding hydrogens is 144 g/mol. The molecule has 0 aliphatic heterocycles. The average Bonchev–Trinajstić information content (AvgIpc) is 1.87. The van der Waals surface area contributed by atoms with Gasteiger partial charge in [0, 0.05) is 13.0 Å². The second kappa shape index (κ2) is 7.16. The molecule has 0 amide bonds. The Kier molecular flexibility index (Phi) is 7.20. The summed E-state index contributed by atoms with van der Waals surface area (Å²) < 4.78 is 5.30. The molecule has 0 N–H and O–H groups in total. The standard InChI is InChI=1S/C8H16OS/c1-3-4-6-9-7-5-8(2)10/h3-7H2,1-2H3. The van der Waals surface area contributed by atoms with Crippen LogP contribution in [0.1, 0.15) is 33.1 Å². The van der Waals surface area contributed by atoms with Crippen LogP contribution in [-0.4, -0.2) is 18.1 Å². The fourth-order valence-electron chi connectivity index (χ4n) is 0.564. The maximum Gasteiger partial charge on any atom is 0.0511 e. The molecule has 0 aromatic heterocycles. The van der Waals surface area contributed by atoms with Crippen LogP contribution in [0.3, 0.4) is 0 Å². The first-order chi connectivity index (χ1) is 4.77. The molecule has 0 fully saturated rings. The highest BCUT2D eigenvalue weighted by Gasteiger charge is 1.88. The molecule has 0 saturated carbocycles. The van der Waals surface area contributed by atoms with E-state index in [2.05, 4.69) is 6.92 Å². The summed E-state index contributed by atoms with van der Waals surface area (Å²) in [6, 6.07) is 0. The second-order valence-corrected chi connectivity index (χ2v) is 3.11. The zero-order chi connectivity index (χ0) is 7.82. The van der Waals surface area contributed by atoms with Crippen LogP contribution in [0.5, 0.6) is 0 Å². The van der Waals surface area contributed by atoms with E-state index in [1.807, 2.05) is 6.92 Å².